The van der Waals surface area contributed by atoms with Crippen molar-refractivity contribution in [3.63, 3.8) is 0 Å². The molecule has 0 spiro atoms. The van der Waals surface area contributed by atoms with Crippen LogP contribution in [0.3, 0.4) is 0 Å². The SMILES string of the molecule is CCc1ccccc1Nc1nc(C)cc(Nc2ccc(Cl)cc2)n1. The van der Waals surface area contributed by atoms with E-state index < -0.39 is 0 Å². The molecule has 2 N–H and O–H groups in total. The molecule has 3 aromatic rings. The lowest BCUT2D eigenvalue weighted by Crippen LogP contribution is -2.03. The zero-order valence-electron chi connectivity index (χ0n) is 13.7. The Morgan fingerprint density at radius 1 is 0.958 bits per heavy atom. The number of hydrogen-bond acceptors (Lipinski definition) is 4. The largest absolute Gasteiger partial charge is 0.340 e. The Labute approximate surface area is 146 Å². The van der Waals surface area contributed by atoms with Gasteiger partial charge in [0.15, 0.2) is 0 Å². The summed E-state index contributed by atoms with van der Waals surface area (Å²) in [5.41, 5.74) is 4.08. The lowest BCUT2D eigenvalue weighted by molar-refractivity contribution is 1.09. The first-order valence-electron chi connectivity index (χ1n) is 7.87. The van der Waals surface area contributed by atoms with Crippen LogP contribution < -0.4 is 10.6 Å². The highest BCUT2D eigenvalue weighted by atomic mass is 35.5. The minimum Gasteiger partial charge on any atom is -0.340 e. The minimum atomic E-state index is 0.576. The molecule has 0 radical (unpaired) electrons. The number of aromatic nitrogens is 2. The fourth-order valence-electron chi connectivity index (χ4n) is 2.44. The van der Waals surface area contributed by atoms with Crippen LogP contribution in [-0.4, -0.2) is 9.97 Å². The van der Waals surface area contributed by atoms with Crippen molar-refractivity contribution in [3.8, 4) is 0 Å². The number of aryl methyl sites for hydroxylation is 2. The van der Waals surface area contributed by atoms with Crippen molar-refractivity contribution in [1.29, 1.82) is 0 Å². The Morgan fingerprint density at radius 2 is 1.71 bits per heavy atom. The van der Waals surface area contributed by atoms with E-state index in [9.17, 15) is 0 Å². The van der Waals surface area contributed by atoms with Crippen LogP contribution in [0.5, 0.6) is 0 Å². The first kappa shape index (κ1) is 16.3. The first-order chi connectivity index (χ1) is 11.6. The Bertz CT molecular complexity index is 831. The minimum absolute atomic E-state index is 0.576. The zero-order chi connectivity index (χ0) is 16.9. The maximum Gasteiger partial charge on any atom is 0.229 e. The van der Waals surface area contributed by atoms with Crippen LogP contribution in [0.4, 0.5) is 23.1 Å². The molecule has 4 nitrogen and oxygen atoms in total. The van der Waals surface area contributed by atoms with E-state index in [0.29, 0.717) is 11.0 Å². The summed E-state index contributed by atoms with van der Waals surface area (Å²) in [6.07, 6.45) is 0.949. The summed E-state index contributed by atoms with van der Waals surface area (Å²) in [7, 11) is 0. The normalized spacial score (nSPS) is 10.5. The molecule has 0 unspecified atom stereocenters. The second-order valence-electron chi connectivity index (χ2n) is 5.49. The molecule has 0 atom stereocenters. The summed E-state index contributed by atoms with van der Waals surface area (Å²) in [4.78, 5) is 9.03. The molecule has 0 amide bonds. The van der Waals surface area contributed by atoms with Crippen molar-refractivity contribution in [2.45, 2.75) is 20.3 Å². The Hall–Kier alpha value is -2.59. The fourth-order valence-corrected chi connectivity index (χ4v) is 2.57. The standard InChI is InChI=1S/C19H19ClN4/c1-3-14-6-4-5-7-17(14)23-19-21-13(2)12-18(24-19)22-16-10-8-15(20)9-11-16/h4-12H,3H2,1-2H3,(H2,21,22,23,24). The van der Waals surface area contributed by atoms with E-state index in [1.807, 2.05) is 55.5 Å². The van der Waals surface area contributed by atoms with Crippen LogP contribution >= 0.6 is 11.6 Å². The van der Waals surface area contributed by atoms with Crippen LogP contribution in [0.25, 0.3) is 0 Å². The highest BCUT2D eigenvalue weighted by Gasteiger charge is 2.06. The smallest absolute Gasteiger partial charge is 0.229 e. The third kappa shape index (κ3) is 4.03. The molecule has 1 aromatic heterocycles. The maximum absolute atomic E-state index is 5.92. The Kier molecular flexibility index (Phi) is 4.96. The van der Waals surface area contributed by atoms with Crippen LogP contribution in [0.1, 0.15) is 18.2 Å². The van der Waals surface area contributed by atoms with Crippen LogP contribution in [0.2, 0.25) is 5.02 Å². The summed E-state index contributed by atoms with van der Waals surface area (Å²) in [6, 6.07) is 17.6. The molecule has 1 heterocycles. The molecule has 0 saturated heterocycles. The molecule has 2 aromatic carbocycles. The number of nitrogens with one attached hydrogen (secondary N) is 2. The van der Waals surface area contributed by atoms with Crippen molar-refractivity contribution in [3.05, 3.63) is 70.9 Å². The first-order valence-corrected chi connectivity index (χ1v) is 8.25. The van der Waals surface area contributed by atoms with Gasteiger partial charge in [0, 0.05) is 28.2 Å². The van der Waals surface area contributed by atoms with Gasteiger partial charge in [-0.2, -0.15) is 4.98 Å². The highest BCUT2D eigenvalue weighted by Crippen LogP contribution is 2.22. The van der Waals surface area contributed by atoms with Gasteiger partial charge in [-0.1, -0.05) is 36.7 Å². The second kappa shape index (κ2) is 7.32. The van der Waals surface area contributed by atoms with Gasteiger partial charge < -0.3 is 10.6 Å². The average Bonchev–Trinajstić information content (AvgIpc) is 2.57. The van der Waals surface area contributed by atoms with E-state index >= 15 is 0 Å². The number of benzene rings is 2. The summed E-state index contributed by atoms with van der Waals surface area (Å²) in [6.45, 7) is 4.08. The number of hydrogen-bond donors (Lipinski definition) is 2. The van der Waals surface area contributed by atoms with Gasteiger partial charge in [-0.3, -0.25) is 0 Å². The highest BCUT2D eigenvalue weighted by molar-refractivity contribution is 6.30. The van der Waals surface area contributed by atoms with Crippen LogP contribution in [-0.2, 0) is 6.42 Å². The van der Waals surface area contributed by atoms with Gasteiger partial charge in [-0.25, -0.2) is 4.98 Å². The van der Waals surface area contributed by atoms with E-state index in [1.165, 1.54) is 5.56 Å². The number of rotatable bonds is 5. The molecule has 24 heavy (non-hydrogen) atoms. The predicted octanol–water partition coefficient (Wildman–Crippen LogP) is 5.49. The molecule has 122 valence electrons. The van der Waals surface area contributed by atoms with Crippen molar-refractivity contribution in [1.82, 2.24) is 9.97 Å². The van der Waals surface area contributed by atoms with Gasteiger partial charge in [0.1, 0.15) is 5.82 Å². The number of halogens is 1. The molecule has 3 rings (SSSR count). The van der Waals surface area contributed by atoms with Crippen LogP contribution in [0.15, 0.2) is 54.6 Å². The maximum atomic E-state index is 5.92. The summed E-state index contributed by atoms with van der Waals surface area (Å²) in [5.74, 6) is 1.31. The molecule has 0 saturated carbocycles. The lowest BCUT2D eigenvalue weighted by Gasteiger charge is -2.12. The topological polar surface area (TPSA) is 49.8 Å². The van der Waals surface area contributed by atoms with E-state index in [2.05, 4.69) is 33.6 Å². The molecule has 0 aliphatic rings. The van der Waals surface area contributed by atoms with Gasteiger partial charge >= 0.3 is 0 Å². The number of anilines is 4. The average molecular weight is 339 g/mol. The molecule has 0 fully saturated rings. The fraction of sp³-hybridized carbons (Fsp3) is 0.158. The van der Waals surface area contributed by atoms with Gasteiger partial charge in [-0.15, -0.1) is 0 Å². The summed E-state index contributed by atoms with van der Waals surface area (Å²) >= 11 is 5.92. The van der Waals surface area contributed by atoms with Crippen LogP contribution in [0, 0.1) is 6.92 Å². The van der Waals surface area contributed by atoms with E-state index in [1.54, 1.807) is 0 Å². The summed E-state index contributed by atoms with van der Waals surface area (Å²) < 4.78 is 0. The second-order valence-corrected chi connectivity index (χ2v) is 5.92. The van der Waals surface area contributed by atoms with E-state index in [4.69, 9.17) is 11.6 Å². The van der Waals surface area contributed by atoms with Gasteiger partial charge in [0.2, 0.25) is 5.95 Å². The van der Waals surface area contributed by atoms with E-state index in [-0.39, 0.29) is 0 Å². The monoisotopic (exact) mass is 338 g/mol. The van der Waals surface area contributed by atoms with Crippen molar-refractivity contribution >= 4 is 34.7 Å². The van der Waals surface area contributed by atoms with E-state index in [0.717, 1.165) is 29.3 Å². The molecule has 0 aliphatic heterocycles. The van der Waals surface area contributed by atoms with Crippen molar-refractivity contribution < 1.29 is 0 Å². The molecule has 0 bridgehead atoms. The Morgan fingerprint density at radius 3 is 2.46 bits per heavy atom. The quantitative estimate of drug-likeness (QED) is 0.646. The zero-order valence-corrected chi connectivity index (χ0v) is 14.4. The van der Waals surface area contributed by atoms with Crippen molar-refractivity contribution in [2.75, 3.05) is 10.6 Å². The molecular formula is C19H19ClN4. The predicted molar refractivity (Wildman–Crippen MR) is 101 cm³/mol. The molecule has 0 aliphatic carbocycles. The van der Waals surface area contributed by atoms with Gasteiger partial charge in [0.25, 0.3) is 0 Å². The third-order valence-corrected chi connectivity index (χ3v) is 3.87. The summed E-state index contributed by atoms with van der Waals surface area (Å²) in [5, 5.41) is 7.30. The van der Waals surface area contributed by atoms with Crippen molar-refractivity contribution in [2.24, 2.45) is 0 Å². The molecule has 5 heteroatoms. The third-order valence-electron chi connectivity index (χ3n) is 3.62. The molecular weight excluding hydrogens is 320 g/mol. The Balaban J connectivity index is 1.84. The lowest BCUT2D eigenvalue weighted by atomic mass is 10.1. The van der Waals surface area contributed by atoms with Gasteiger partial charge in [0.05, 0.1) is 0 Å². The number of para-hydroxylation sites is 1. The van der Waals surface area contributed by atoms with Gasteiger partial charge in [-0.05, 0) is 49.2 Å². The number of nitrogens with zero attached hydrogens (tertiary/aromatic N) is 2.